The van der Waals surface area contributed by atoms with Gasteiger partial charge in [-0.15, -0.1) is 0 Å². The van der Waals surface area contributed by atoms with Crippen molar-refractivity contribution in [2.45, 2.75) is 118 Å². The summed E-state index contributed by atoms with van der Waals surface area (Å²) in [5.41, 5.74) is 1.28. The molecule has 0 aliphatic heterocycles. The van der Waals surface area contributed by atoms with Crippen LogP contribution in [0.2, 0.25) is 0 Å². The summed E-state index contributed by atoms with van der Waals surface area (Å²) in [6.45, 7) is 16.4. The van der Waals surface area contributed by atoms with E-state index in [0.717, 1.165) is 56.9 Å². The van der Waals surface area contributed by atoms with Crippen LogP contribution in [0, 0.1) is 50.2 Å². The fourth-order valence-electron chi connectivity index (χ4n) is 11.9. The number of benzene rings is 1. The Bertz CT molecular complexity index is 1370. The molecular formula is C39H54O5. The monoisotopic (exact) mass is 602 g/mol. The third-order valence-electron chi connectivity index (χ3n) is 14.4. The summed E-state index contributed by atoms with van der Waals surface area (Å²) in [6.07, 6.45) is 12.4. The van der Waals surface area contributed by atoms with Crippen molar-refractivity contribution in [3.8, 4) is 0 Å². The molecule has 9 atom stereocenters. The molecule has 1 aromatic rings. The molecule has 5 aliphatic carbocycles. The number of ether oxygens (including phenoxy) is 1. The molecule has 0 unspecified atom stereocenters. The standard InChI is InChI=1S/C39H54O5/c1-34(2)19-21-39(33(42)43)22-20-37(6)26(27(39)23-34)14-15-30-36(5)24-28(40)32(35(3,4)29(36)17-18-38(30,37)7)44-31(41)16-13-25-11-9-8-10-12-25/h8-14,16,27-30,32,40H,15,17-24H2,1-7H3,(H,42,43)/b16-13+/t27-,28+,29-,30+,32-,36-,37+,38+,39-/m0/s1. The zero-order valence-electron chi connectivity index (χ0n) is 28.0. The summed E-state index contributed by atoms with van der Waals surface area (Å²) < 4.78 is 6.07. The van der Waals surface area contributed by atoms with E-state index >= 15 is 0 Å². The van der Waals surface area contributed by atoms with E-state index in [1.54, 1.807) is 6.08 Å². The van der Waals surface area contributed by atoms with Crippen molar-refractivity contribution >= 4 is 18.0 Å². The Morgan fingerprint density at radius 3 is 2.25 bits per heavy atom. The SMILES string of the molecule is CC1(C)CC[C@]2(C(=O)O)CC[C@]3(C)C(=CC[C@@H]4[C@@]5(C)C[C@@H](O)[C@H](OC(=O)/C=C/c6ccccc6)C(C)(C)[C@@H]5CC[C@]43C)[C@@H]2C1. The van der Waals surface area contributed by atoms with Gasteiger partial charge in [-0.1, -0.05) is 90.4 Å². The van der Waals surface area contributed by atoms with Crippen LogP contribution in [0.4, 0.5) is 0 Å². The first-order chi connectivity index (χ1) is 20.5. The van der Waals surface area contributed by atoms with E-state index in [0.29, 0.717) is 18.3 Å². The molecule has 1 aromatic carbocycles. The molecule has 0 bridgehead atoms. The molecule has 0 aromatic heterocycles. The van der Waals surface area contributed by atoms with Gasteiger partial charge in [0.15, 0.2) is 0 Å². The number of hydrogen-bond donors (Lipinski definition) is 2. The lowest BCUT2D eigenvalue weighted by molar-refractivity contribution is -0.238. The second kappa shape index (κ2) is 10.3. The van der Waals surface area contributed by atoms with Gasteiger partial charge in [0.1, 0.15) is 6.10 Å². The van der Waals surface area contributed by atoms with Crippen LogP contribution in [0.25, 0.3) is 6.08 Å². The quantitative estimate of drug-likeness (QED) is 0.205. The van der Waals surface area contributed by atoms with Crippen molar-refractivity contribution < 1.29 is 24.5 Å². The minimum atomic E-state index is -0.744. The fraction of sp³-hybridized carbons (Fsp3) is 0.692. The average Bonchev–Trinajstić information content (AvgIpc) is 2.94. The van der Waals surface area contributed by atoms with E-state index in [1.165, 1.54) is 11.6 Å². The number of carboxylic acid groups (broad SMARTS) is 1. The van der Waals surface area contributed by atoms with Crippen LogP contribution in [-0.2, 0) is 14.3 Å². The smallest absolute Gasteiger partial charge is 0.331 e. The van der Waals surface area contributed by atoms with Gasteiger partial charge >= 0.3 is 11.9 Å². The number of allylic oxidation sites excluding steroid dienone is 2. The predicted octanol–water partition coefficient (Wildman–Crippen LogP) is 8.47. The topological polar surface area (TPSA) is 83.8 Å². The molecular weight excluding hydrogens is 548 g/mol. The van der Waals surface area contributed by atoms with E-state index in [9.17, 15) is 19.8 Å². The van der Waals surface area contributed by atoms with E-state index in [4.69, 9.17) is 4.74 Å². The molecule has 44 heavy (non-hydrogen) atoms. The molecule has 4 fully saturated rings. The molecule has 2 N–H and O–H groups in total. The third-order valence-corrected chi connectivity index (χ3v) is 14.4. The number of rotatable bonds is 4. The van der Waals surface area contributed by atoms with Gasteiger partial charge in [-0.3, -0.25) is 4.79 Å². The Balaban J connectivity index is 1.30. The molecule has 4 saturated carbocycles. The Morgan fingerprint density at radius 1 is 0.886 bits per heavy atom. The maximum Gasteiger partial charge on any atom is 0.331 e. The number of hydrogen-bond acceptors (Lipinski definition) is 4. The Labute approximate surface area is 264 Å². The van der Waals surface area contributed by atoms with Gasteiger partial charge in [0.25, 0.3) is 0 Å². The van der Waals surface area contributed by atoms with Gasteiger partial charge in [-0.2, -0.15) is 0 Å². The highest BCUT2D eigenvalue weighted by Gasteiger charge is 2.70. The van der Waals surface area contributed by atoms with E-state index in [2.05, 4.69) is 54.5 Å². The zero-order valence-corrected chi connectivity index (χ0v) is 28.0. The van der Waals surface area contributed by atoms with Crippen molar-refractivity contribution in [3.63, 3.8) is 0 Å². The minimum absolute atomic E-state index is 0.00627. The van der Waals surface area contributed by atoms with Gasteiger partial charge < -0.3 is 14.9 Å². The van der Waals surface area contributed by atoms with E-state index < -0.39 is 35.0 Å². The number of fused-ring (bicyclic) bond motifs is 7. The molecule has 6 rings (SSSR count). The summed E-state index contributed by atoms with van der Waals surface area (Å²) in [5.74, 6) is -0.263. The van der Waals surface area contributed by atoms with E-state index in [1.807, 2.05) is 30.3 Å². The largest absolute Gasteiger partial charge is 0.481 e. The summed E-state index contributed by atoms with van der Waals surface area (Å²) in [5, 5.41) is 22.4. The van der Waals surface area contributed by atoms with Gasteiger partial charge in [-0.05, 0) is 109 Å². The van der Waals surface area contributed by atoms with E-state index in [-0.39, 0.29) is 27.6 Å². The lowest BCUT2D eigenvalue weighted by Crippen LogP contribution is -2.67. The fourth-order valence-corrected chi connectivity index (χ4v) is 11.9. The minimum Gasteiger partial charge on any atom is -0.481 e. The van der Waals surface area contributed by atoms with Crippen LogP contribution in [0.15, 0.2) is 48.1 Å². The highest BCUT2D eigenvalue weighted by Crippen LogP contribution is 2.75. The van der Waals surface area contributed by atoms with Gasteiger partial charge in [0.05, 0.1) is 11.5 Å². The number of carboxylic acids is 1. The van der Waals surface area contributed by atoms with Gasteiger partial charge in [-0.25, -0.2) is 4.79 Å². The lowest BCUT2D eigenvalue weighted by atomic mass is 9.33. The predicted molar refractivity (Wildman–Crippen MR) is 173 cm³/mol. The number of esters is 1. The normalized spacial score (nSPS) is 43.9. The first kappa shape index (κ1) is 31.6. The highest BCUT2D eigenvalue weighted by molar-refractivity contribution is 5.87. The molecule has 0 amide bonds. The van der Waals surface area contributed by atoms with Crippen molar-refractivity contribution in [1.82, 2.24) is 0 Å². The zero-order chi connectivity index (χ0) is 31.9. The molecule has 240 valence electrons. The number of carbonyl (C=O) groups is 2. The maximum atomic E-state index is 13.0. The second-order valence-electron chi connectivity index (χ2n) is 17.4. The summed E-state index contributed by atoms with van der Waals surface area (Å²) in [6, 6.07) is 9.71. The lowest BCUT2D eigenvalue weighted by Gasteiger charge is -2.71. The molecule has 5 nitrogen and oxygen atoms in total. The van der Waals surface area contributed by atoms with Crippen LogP contribution in [0.5, 0.6) is 0 Å². The van der Waals surface area contributed by atoms with Crippen LogP contribution in [0.1, 0.15) is 112 Å². The highest BCUT2D eigenvalue weighted by atomic mass is 16.6. The maximum absolute atomic E-state index is 13.0. The Kier molecular flexibility index (Phi) is 7.40. The second-order valence-corrected chi connectivity index (χ2v) is 17.4. The van der Waals surface area contributed by atoms with Gasteiger partial charge in [0.2, 0.25) is 0 Å². The molecule has 0 saturated heterocycles. The molecule has 0 radical (unpaired) electrons. The van der Waals surface area contributed by atoms with Crippen LogP contribution < -0.4 is 0 Å². The summed E-state index contributed by atoms with van der Waals surface area (Å²) in [4.78, 5) is 25.9. The number of aliphatic hydroxyl groups excluding tert-OH is 1. The first-order valence-electron chi connectivity index (χ1n) is 17.1. The van der Waals surface area contributed by atoms with Crippen molar-refractivity contribution in [1.29, 1.82) is 0 Å². The number of aliphatic carboxylic acids is 1. The van der Waals surface area contributed by atoms with Crippen molar-refractivity contribution in [2.24, 2.45) is 50.2 Å². The molecule has 0 heterocycles. The molecule has 5 heteroatoms. The average molecular weight is 603 g/mol. The van der Waals surface area contributed by atoms with Crippen LogP contribution >= 0.6 is 0 Å². The van der Waals surface area contributed by atoms with Gasteiger partial charge in [0, 0.05) is 11.5 Å². The Morgan fingerprint density at radius 2 is 1.57 bits per heavy atom. The van der Waals surface area contributed by atoms with Crippen molar-refractivity contribution in [2.75, 3.05) is 0 Å². The van der Waals surface area contributed by atoms with Crippen LogP contribution in [0.3, 0.4) is 0 Å². The number of aliphatic hydroxyl groups is 1. The Hall–Kier alpha value is -2.40. The third kappa shape index (κ3) is 4.49. The molecule has 0 spiro atoms. The van der Waals surface area contributed by atoms with Crippen molar-refractivity contribution in [3.05, 3.63) is 53.6 Å². The van der Waals surface area contributed by atoms with Crippen LogP contribution in [-0.4, -0.2) is 34.4 Å². The molecule has 5 aliphatic rings. The summed E-state index contributed by atoms with van der Waals surface area (Å²) >= 11 is 0. The summed E-state index contributed by atoms with van der Waals surface area (Å²) in [7, 11) is 0. The first-order valence-corrected chi connectivity index (χ1v) is 17.1. The number of carbonyl (C=O) groups excluding carboxylic acids is 1.